The minimum Gasteiger partial charge on any atom is -0.351 e. The van der Waals surface area contributed by atoms with Gasteiger partial charge in [0.25, 0.3) is 5.91 Å². The first kappa shape index (κ1) is 20.6. The molecule has 0 aromatic heterocycles. The molecule has 2 amide bonds. The standard InChI is InChI=1S/C25H29FN2O2/c1-25(24(30)27-21-9-4-2-3-5-10-21)16-19-8-6-7-11-22(19)23(29)28(25)17-18-12-14-20(26)15-13-18/h6-8,11-15,21H,2-5,9-10,16-17H2,1H3,(H,27,30). The van der Waals surface area contributed by atoms with Gasteiger partial charge in [-0.05, 0) is 49.1 Å². The Kier molecular flexibility index (Phi) is 5.89. The van der Waals surface area contributed by atoms with Crippen LogP contribution < -0.4 is 5.32 Å². The van der Waals surface area contributed by atoms with Crippen molar-refractivity contribution in [2.45, 2.75) is 70.0 Å². The fraction of sp³-hybridized carbons (Fsp3) is 0.440. The molecule has 30 heavy (non-hydrogen) atoms. The predicted molar refractivity (Wildman–Crippen MR) is 114 cm³/mol. The van der Waals surface area contributed by atoms with E-state index in [4.69, 9.17) is 0 Å². The van der Waals surface area contributed by atoms with Crippen LogP contribution in [0.4, 0.5) is 4.39 Å². The third-order valence-corrected chi connectivity index (χ3v) is 6.56. The average Bonchev–Trinajstić information content (AvgIpc) is 3.01. The van der Waals surface area contributed by atoms with Gasteiger partial charge in [-0.3, -0.25) is 9.59 Å². The number of hydrogen-bond acceptors (Lipinski definition) is 2. The summed E-state index contributed by atoms with van der Waals surface area (Å²) in [6, 6.07) is 13.8. The number of rotatable bonds is 4. The molecule has 1 aliphatic carbocycles. The second-order valence-corrected chi connectivity index (χ2v) is 8.79. The van der Waals surface area contributed by atoms with Gasteiger partial charge in [-0.15, -0.1) is 0 Å². The molecule has 4 rings (SSSR count). The Labute approximate surface area is 177 Å². The maximum absolute atomic E-state index is 13.5. The first-order valence-electron chi connectivity index (χ1n) is 10.9. The highest BCUT2D eigenvalue weighted by atomic mass is 19.1. The summed E-state index contributed by atoms with van der Waals surface area (Å²) in [6.45, 7) is 2.12. The summed E-state index contributed by atoms with van der Waals surface area (Å²) in [7, 11) is 0. The zero-order valence-corrected chi connectivity index (χ0v) is 17.5. The summed E-state index contributed by atoms with van der Waals surface area (Å²) < 4.78 is 13.4. The fourth-order valence-corrected chi connectivity index (χ4v) is 4.71. The molecule has 0 radical (unpaired) electrons. The molecule has 0 bridgehead atoms. The zero-order valence-electron chi connectivity index (χ0n) is 17.5. The van der Waals surface area contributed by atoms with E-state index in [-0.39, 0.29) is 30.2 Å². The Morgan fingerprint density at radius 3 is 2.43 bits per heavy atom. The number of carbonyl (C=O) groups is 2. The third kappa shape index (κ3) is 4.11. The summed E-state index contributed by atoms with van der Waals surface area (Å²) in [6.07, 6.45) is 7.13. The Morgan fingerprint density at radius 1 is 1.07 bits per heavy atom. The largest absolute Gasteiger partial charge is 0.351 e. The quantitative estimate of drug-likeness (QED) is 0.751. The predicted octanol–water partition coefficient (Wildman–Crippen LogP) is 4.62. The Hall–Kier alpha value is -2.69. The van der Waals surface area contributed by atoms with Gasteiger partial charge < -0.3 is 10.2 Å². The van der Waals surface area contributed by atoms with E-state index in [1.54, 1.807) is 17.0 Å². The molecule has 1 heterocycles. The van der Waals surface area contributed by atoms with Crippen LogP contribution in [0.15, 0.2) is 48.5 Å². The summed E-state index contributed by atoms with van der Waals surface area (Å²) in [5.41, 5.74) is 1.35. The van der Waals surface area contributed by atoms with Gasteiger partial charge in [0.2, 0.25) is 5.91 Å². The van der Waals surface area contributed by atoms with E-state index in [0.717, 1.165) is 36.8 Å². The molecular formula is C25H29FN2O2. The third-order valence-electron chi connectivity index (χ3n) is 6.56. The monoisotopic (exact) mass is 408 g/mol. The molecule has 4 nitrogen and oxygen atoms in total. The van der Waals surface area contributed by atoms with E-state index in [1.807, 2.05) is 31.2 Å². The van der Waals surface area contributed by atoms with Crippen LogP contribution in [0.5, 0.6) is 0 Å². The maximum atomic E-state index is 13.5. The van der Waals surface area contributed by atoms with Crippen LogP contribution in [-0.2, 0) is 17.8 Å². The van der Waals surface area contributed by atoms with Crippen molar-refractivity contribution in [3.63, 3.8) is 0 Å². The molecule has 2 aliphatic rings. The molecule has 0 spiro atoms. The zero-order chi connectivity index (χ0) is 21.1. The number of benzene rings is 2. The molecule has 1 unspecified atom stereocenters. The van der Waals surface area contributed by atoms with Crippen LogP contribution in [0.2, 0.25) is 0 Å². The van der Waals surface area contributed by atoms with E-state index in [2.05, 4.69) is 5.32 Å². The van der Waals surface area contributed by atoms with Gasteiger partial charge in [-0.2, -0.15) is 0 Å². The summed E-state index contributed by atoms with van der Waals surface area (Å²) in [5.74, 6) is -0.568. The topological polar surface area (TPSA) is 49.4 Å². The lowest BCUT2D eigenvalue weighted by Gasteiger charge is -2.44. The van der Waals surface area contributed by atoms with Crippen molar-refractivity contribution in [3.8, 4) is 0 Å². The van der Waals surface area contributed by atoms with Crippen LogP contribution in [0.1, 0.15) is 66.9 Å². The van der Waals surface area contributed by atoms with Crippen molar-refractivity contribution in [1.82, 2.24) is 10.2 Å². The van der Waals surface area contributed by atoms with Gasteiger partial charge in [0.15, 0.2) is 0 Å². The number of halogens is 1. The van der Waals surface area contributed by atoms with Crippen molar-refractivity contribution < 1.29 is 14.0 Å². The molecule has 1 saturated carbocycles. The lowest BCUT2D eigenvalue weighted by molar-refractivity contribution is -0.132. The number of amides is 2. The van der Waals surface area contributed by atoms with Gasteiger partial charge in [-0.25, -0.2) is 4.39 Å². The van der Waals surface area contributed by atoms with Crippen LogP contribution in [0.25, 0.3) is 0 Å². The second kappa shape index (κ2) is 8.58. The minimum atomic E-state index is -0.994. The summed E-state index contributed by atoms with van der Waals surface area (Å²) in [5, 5.41) is 3.25. The average molecular weight is 409 g/mol. The summed E-state index contributed by atoms with van der Waals surface area (Å²) >= 11 is 0. The van der Waals surface area contributed by atoms with Crippen molar-refractivity contribution in [1.29, 1.82) is 0 Å². The maximum Gasteiger partial charge on any atom is 0.255 e. The highest BCUT2D eigenvalue weighted by molar-refractivity contribution is 6.02. The Bertz CT molecular complexity index is 919. The molecule has 1 fully saturated rings. The van der Waals surface area contributed by atoms with Gasteiger partial charge in [0.05, 0.1) is 0 Å². The van der Waals surface area contributed by atoms with Crippen LogP contribution in [-0.4, -0.2) is 28.3 Å². The van der Waals surface area contributed by atoms with E-state index >= 15 is 0 Å². The van der Waals surface area contributed by atoms with Crippen LogP contribution in [0.3, 0.4) is 0 Å². The van der Waals surface area contributed by atoms with Crippen molar-refractivity contribution in [2.75, 3.05) is 0 Å². The molecule has 1 aliphatic heterocycles. The number of hydrogen-bond donors (Lipinski definition) is 1. The Morgan fingerprint density at radius 2 is 1.73 bits per heavy atom. The molecule has 2 aromatic carbocycles. The Balaban J connectivity index is 1.65. The molecule has 1 atom stereocenters. The number of nitrogens with zero attached hydrogens (tertiary/aromatic N) is 1. The van der Waals surface area contributed by atoms with E-state index < -0.39 is 5.54 Å². The summed E-state index contributed by atoms with van der Waals surface area (Å²) in [4.78, 5) is 28.6. The van der Waals surface area contributed by atoms with Gasteiger partial charge in [0.1, 0.15) is 11.4 Å². The molecular weight excluding hydrogens is 379 g/mol. The smallest absolute Gasteiger partial charge is 0.255 e. The van der Waals surface area contributed by atoms with E-state index in [9.17, 15) is 14.0 Å². The normalized spacial score (nSPS) is 22.3. The first-order valence-corrected chi connectivity index (χ1v) is 10.9. The van der Waals surface area contributed by atoms with E-state index in [1.165, 1.54) is 25.0 Å². The number of fused-ring (bicyclic) bond motifs is 1. The lowest BCUT2D eigenvalue weighted by atomic mass is 9.82. The molecule has 158 valence electrons. The molecule has 0 saturated heterocycles. The number of nitrogens with one attached hydrogen (secondary N) is 1. The van der Waals surface area contributed by atoms with Crippen molar-refractivity contribution in [2.24, 2.45) is 0 Å². The lowest BCUT2D eigenvalue weighted by Crippen LogP contribution is -2.63. The van der Waals surface area contributed by atoms with Crippen molar-refractivity contribution >= 4 is 11.8 Å². The SMILES string of the molecule is CC1(C(=O)NC2CCCCCC2)Cc2ccccc2C(=O)N1Cc1ccc(F)cc1. The van der Waals surface area contributed by atoms with Gasteiger partial charge in [0, 0.05) is 24.6 Å². The molecule has 5 heteroatoms. The van der Waals surface area contributed by atoms with Gasteiger partial charge in [-0.1, -0.05) is 56.0 Å². The van der Waals surface area contributed by atoms with E-state index in [0.29, 0.717) is 12.0 Å². The fourth-order valence-electron chi connectivity index (χ4n) is 4.71. The first-order chi connectivity index (χ1) is 14.5. The number of carbonyl (C=O) groups excluding carboxylic acids is 2. The molecule has 1 N–H and O–H groups in total. The van der Waals surface area contributed by atoms with Crippen LogP contribution >= 0.6 is 0 Å². The highest BCUT2D eigenvalue weighted by Crippen LogP contribution is 2.33. The van der Waals surface area contributed by atoms with Crippen LogP contribution in [0, 0.1) is 5.82 Å². The van der Waals surface area contributed by atoms with Gasteiger partial charge >= 0.3 is 0 Å². The second-order valence-electron chi connectivity index (χ2n) is 8.79. The van der Waals surface area contributed by atoms with Crippen molar-refractivity contribution in [3.05, 3.63) is 71.0 Å². The molecule has 2 aromatic rings. The highest BCUT2D eigenvalue weighted by Gasteiger charge is 2.47. The minimum absolute atomic E-state index is 0.0978.